The van der Waals surface area contributed by atoms with E-state index in [0.717, 1.165) is 28.0 Å². The molecule has 1 saturated carbocycles. The van der Waals surface area contributed by atoms with E-state index >= 15 is 0 Å². The smallest absolute Gasteiger partial charge is 0.119 e. The van der Waals surface area contributed by atoms with E-state index in [-0.39, 0.29) is 0 Å². The molecule has 2 aliphatic rings. The van der Waals surface area contributed by atoms with Gasteiger partial charge >= 0.3 is 0 Å². The molecule has 1 unspecified atom stereocenters. The van der Waals surface area contributed by atoms with Crippen molar-refractivity contribution >= 4 is 15.9 Å². The van der Waals surface area contributed by atoms with Gasteiger partial charge in [-0.15, -0.1) is 0 Å². The Kier molecular flexibility index (Phi) is 5.53. The number of benzene rings is 3. The van der Waals surface area contributed by atoms with Gasteiger partial charge in [0.1, 0.15) is 18.1 Å². The van der Waals surface area contributed by atoms with Crippen molar-refractivity contribution in [2.24, 2.45) is 0 Å². The normalized spacial score (nSPS) is 21.9. The zero-order valence-electron chi connectivity index (χ0n) is 17.1. The SMILES string of the molecule is COc1ccc2c(c1)C(N[C@H]1C[C@@H]1c1ccc(OCc3cccc(Br)c3)cc1)CC2. The Morgan fingerprint density at radius 1 is 1.00 bits per heavy atom. The summed E-state index contributed by atoms with van der Waals surface area (Å²) in [5, 5.41) is 3.88. The Morgan fingerprint density at radius 3 is 2.63 bits per heavy atom. The lowest BCUT2D eigenvalue weighted by atomic mass is 10.1. The number of nitrogens with one attached hydrogen (secondary N) is 1. The van der Waals surface area contributed by atoms with Crippen LogP contribution in [0.4, 0.5) is 0 Å². The van der Waals surface area contributed by atoms with Crippen LogP contribution in [-0.2, 0) is 13.0 Å². The third kappa shape index (κ3) is 4.26. The maximum absolute atomic E-state index is 5.95. The molecule has 2 aliphatic carbocycles. The van der Waals surface area contributed by atoms with Gasteiger partial charge in [-0.25, -0.2) is 0 Å². The molecule has 154 valence electrons. The molecule has 0 aliphatic heterocycles. The Morgan fingerprint density at radius 2 is 1.83 bits per heavy atom. The molecule has 0 amide bonds. The average molecular weight is 464 g/mol. The average Bonchev–Trinajstić information content (AvgIpc) is 3.43. The fraction of sp³-hybridized carbons (Fsp3) is 0.308. The third-order valence-corrected chi connectivity index (χ3v) is 6.73. The highest BCUT2D eigenvalue weighted by atomic mass is 79.9. The number of halogens is 1. The van der Waals surface area contributed by atoms with E-state index in [1.807, 2.05) is 12.1 Å². The molecule has 0 spiro atoms. The summed E-state index contributed by atoms with van der Waals surface area (Å²) in [7, 11) is 1.74. The molecule has 1 N–H and O–H groups in total. The van der Waals surface area contributed by atoms with Crippen LogP contribution in [-0.4, -0.2) is 13.2 Å². The van der Waals surface area contributed by atoms with Gasteiger partial charge in [-0.05, 0) is 77.9 Å². The summed E-state index contributed by atoms with van der Waals surface area (Å²) >= 11 is 3.51. The van der Waals surface area contributed by atoms with Gasteiger partial charge in [0.2, 0.25) is 0 Å². The first-order valence-electron chi connectivity index (χ1n) is 10.6. The van der Waals surface area contributed by atoms with E-state index in [1.165, 1.54) is 29.5 Å². The number of hydrogen-bond acceptors (Lipinski definition) is 3. The first kappa shape index (κ1) is 19.7. The van der Waals surface area contributed by atoms with Gasteiger partial charge < -0.3 is 14.8 Å². The minimum absolute atomic E-state index is 0.443. The fourth-order valence-corrected chi connectivity index (χ4v) is 4.94. The quantitative estimate of drug-likeness (QED) is 0.454. The zero-order valence-corrected chi connectivity index (χ0v) is 18.7. The molecule has 5 rings (SSSR count). The predicted octanol–water partition coefficient (Wildman–Crippen LogP) is 6.17. The monoisotopic (exact) mass is 463 g/mol. The van der Waals surface area contributed by atoms with Gasteiger partial charge in [-0.2, -0.15) is 0 Å². The Hall–Kier alpha value is -2.30. The van der Waals surface area contributed by atoms with Crippen molar-refractivity contribution in [1.29, 1.82) is 0 Å². The predicted molar refractivity (Wildman–Crippen MR) is 123 cm³/mol. The minimum atomic E-state index is 0.443. The fourth-order valence-electron chi connectivity index (χ4n) is 4.49. The van der Waals surface area contributed by atoms with E-state index in [2.05, 4.69) is 75.8 Å². The van der Waals surface area contributed by atoms with Crippen LogP contribution in [0.2, 0.25) is 0 Å². The summed E-state index contributed by atoms with van der Waals surface area (Å²) < 4.78 is 12.4. The summed E-state index contributed by atoms with van der Waals surface area (Å²) in [6, 6.07) is 24.3. The van der Waals surface area contributed by atoms with Gasteiger partial charge in [0.25, 0.3) is 0 Å². The van der Waals surface area contributed by atoms with Crippen molar-refractivity contribution in [3.63, 3.8) is 0 Å². The Bertz CT molecular complexity index is 1030. The highest BCUT2D eigenvalue weighted by Crippen LogP contribution is 2.44. The highest BCUT2D eigenvalue weighted by molar-refractivity contribution is 9.10. The van der Waals surface area contributed by atoms with E-state index < -0.39 is 0 Å². The summed E-state index contributed by atoms with van der Waals surface area (Å²) in [6.07, 6.45) is 3.53. The van der Waals surface area contributed by atoms with Crippen LogP contribution in [0.3, 0.4) is 0 Å². The summed E-state index contributed by atoms with van der Waals surface area (Å²) in [5.74, 6) is 2.47. The third-order valence-electron chi connectivity index (χ3n) is 6.24. The molecule has 0 saturated heterocycles. The van der Waals surface area contributed by atoms with E-state index in [4.69, 9.17) is 9.47 Å². The van der Waals surface area contributed by atoms with Gasteiger partial charge in [0, 0.05) is 22.5 Å². The number of hydrogen-bond donors (Lipinski definition) is 1. The van der Waals surface area contributed by atoms with Crippen molar-refractivity contribution in [1.82, 2.24) is 5.32 Å². The first-order chi connectivity index (χ1) is 14.7. The summed E-state index contributed by atoms with van der Waals surface area (Å²) in [5.41, 5.74) is 5.42. The van der Waals surface area contributed by atoms with Crippen LogP contribution < -0.4 is 14.8 Å². The van der Waals surface area contributed by atoms with Crippen LogP contribution in [0.1, 0.15) is 47.1 Å². The molecule has 0 bridgehead atoms. The molecule has 0 radical (unpaired) electrons. The molecule has 30 heavy (non-hydrogen) atoms. The van der Waals surface area contributed by atoms with Crippen LogP contribution in [0, 0.1) is 0 Å². The number of methoxy groups -OCH3 is 1. The van der Waals surface area contributed by atoms with E-state index in [1.54, 1.807) is 7.11 Å². The molecule has 3 nitrogen and oxygen atoms in total. The van der Waals surface area contributed by atoms with E-state index in [0.29, 0.717) is 24.6 Å². The lowest BCUT2D eigenvalue weighted by molar-refractivity contribution is 0.306. The zero-order chi connectivity index (χ0) is 20.5. The van der Waals surface area contributed by atoms with Gasteiger partial charge in [0.15, 0.2) is 0 Å². The van der Waals surface area contributed by atoms with E-state index in [9.17, 15) is 0 Å². The number of rotatable bonds is 7. The largest absolute Gasteiger partial charge is 0.497 e. The van der Waals surface area contributed by atoms with Crippen molar-refractivity contribution in [2.45, 2.75) is 43.9 Å². The van der Waals surface area contributed by atoms with Gasteiger partial charge in [-0.1, -0.05) is 46.3 Å². The molecular formula is C26H26BrNO2. The van der Waals surface area contributed by atoms with Crippen LogP contribution in [0.25, 0.3) is 0 Å². The van der Waals surface area contributed by atoms with Crippen LogP contribution >= 0.6 is 15.9 Å². The number of aryl methyl sites for hydroxylation is 1. The van der Waals surface area contributed by atoms with Gasteiger partial charge in [-0.3, -0.25) is 0 Å². The maximum atomic E-state index is 5.95. The Balaban J connectivity index is 1.17. The van der Waals surface area contributed by atoms with Crippen molar-refractivity contribution in [3.05, 3.63) is 93.5 Å². The second-order valence-electron chi connectivity index (χ2n) is 8.26. The standard InChI is InChI=1S/C26H26BrNO2/c1-29-22-11-7-19-8-12-25(23(19)14-22)28-26-15-24(26)18-5-9-21(10-6-18)30-16-17-3-2-4-20(27)13-17/h2-7,9-11,13-14,24-26,28H,8,12,15-16H2,1H3/t24-,25?,26+/m1/s1. The second-order valence-corrected chi connectivity index (χ2v) is 9.17. The molecular weight excluding hydrogens is 438 g/mol. The number of ether oxygens (including phenoxy) is 2. The first-order valence-corrected chi connectivity index (χ1v) is 11.4. The molecule has 0 aromatic heterocycles. The highest BCUT2D eigenvalue weighted by Gasteiger charge is 2.40. The minimum Gasteiger partial charge on any atom is -0.497 e. The van der Waals surface area contributed by atoms with Crippen LogP contribution in [0.5, 0.6) is 11.5 Å². The van der Waals surface area contributed by atoms with Crippen molar-refractivity contribution in [2.75, 3.05) is 7.11 Å². The lowest BCUT2D eigenvalue weighted by Gasteiger charge is -2.15. The van der Waals surface area contributed by atoms with Gasteiger partial charge in [0.05, 0.1) is 7.11 Å². The van der Waals surface area contributed by atoms with Crippen molar-refractivity contribution < 1.29 is 9.47 Å². The summed E-state index contributed by atoms with van der Waals surface area (Å²) in [4.78, 5) is 0. The molecule has 3 aromatic rings. The van der Waals surface area contributed by atoms with Crippen LogP contribution in [0.15, 0.2) is 71.2 Å². The Labute approximate surface area is 186 Å². The topological polar surface area (TPSA) is 30.5 Å². The molecule has 4 heteroatoms. The maximum Gasteiger partial charge on any atom is 0.119 e. The molecule has 0 heterocycles. The molecule has 3 atom stereocenters. The number of fused-ring (bicyclic) bond motifs is 1. The van der Waals surface area contributed by atoms with Crippen molar-refractivity contribution in [3.8, 4) is 11.5 Å². The second kappa shape index (κ2) is 8.44. The molecule has 3 aromatic carbocycles. The summed E-state index contributed by atoms with van der Waals surface area (Å²) in [6.45, 7) is 0.580. The molecule has 1 fully saturated rings. The lowest BCUT2D eigenvalue weighted by Crippen LogP contribution is -2.22.